The number of amides is 1. The first-order valence-electron chi connectivity index (χ1n) is 11.7. The Hall–Kier alpha value is -2.89. The molecule has 0 saturated carbocycles. The van der Waals surface area contributed by atoms with Gasteiger partial charge in [-0.2, -0.15) is 4.31 Å². The van der Waals surface area contributed by atoms with Crippen LogP contribution in [0.4, 0.5) is 4.79 Å². The molecule has 0 unspecified atom stereocenters. The van der Waals surface area contributed by atoms with Crippen molar-refractivity contribution in [2.24, 2.45) is 0 Å². The number of hydrogen-bond donors (Lipinski definition) is 1. The molecule has 1 amide bonds. The van der Waals surface area contributed by atoms with E-state index in [1.54, 1.807) is 31.2 Å². The largest absolute Gasteiger partial charge is 0.480 e. The topological polar surface area (TPSA) is 118 Å². The molecule has 2 aliphatic rings. The van der Waals surface area contributed by atoms with E-state index in [1.165, 1.54) is 9.21 Å². The van der Waals surface area contributed by atoms with Crippen LogP contribution < -0.4 is 0 Å². The number of carboxylic acid groups (broad SMARTS) is 1. The summed E-state index contributed by atoms with van der Waals surface area (Å²) in [4.78, 5) is 25.0. The second kappa shape index (κ2) is 10.4. The third-order valence-electron chi connectivity index (χ3n) is 6.61. The van der Waals surface area contributed by atoms with Crippen LogP contribution >= 0.6 is 0 Å². The Morgan fingerprint density at radius 3 is 2.43 bits per heavy atom. The molecule has 190 valence electrons. The van der Waals surface area contributed by atoms with Crippen LogP contribution in [-0.2, 0) is 50.3 Å². The van der Waals surface area contributed by atoms with Gasteiger partial charge in [0.25, 0.3) is 0 Å². The summed E-state index contributed by atoms with van der Waals surface area (Å²) in [6.07, 6.45) is 0.807. The van der Waals surface area contributed by atoms with E-state index in [1.807, 2.05) is 11.5 Å². The Morgan fingerprint density at radius 1 is 1.11 bits per heavy atom. The number of aliphatic carboxylic acids is 1. The SMILES string of the molecule is CCOC(=O)N1CCN(S(=O)(=O)c2ccc(Cc3c4c(n(CC(=O)O)c3C)CCOC4)cc2)CC1. The summed E-state index contributed by atoms with van der Waals surface area (Å²) in [6.45, 7) is 5.86. The highest BCUT2D eigenvalue weighted by molar-refractivity contribution is 7.89. The number of hydrogen-bond acceptors (Lipinski definition) is 6. The minimum atomic E-state index is -3.68. The van der Waals surface area contributed by atoms with Gasteiger partial charge in [0.2, 0.25) is 10.0 Å². The molecule has 0 radical (unpaired) electrons. The van der Waals surface area contributed by atoms with Gasteiger partial charge in [-0.3, -0.25) is 4.79 Å². The first-order chi connectivity index (χ1) is 16.7. The summed E-state index contributed by atoms with van der Waals surface area (Å²) in [7, 11) is -3.68. The van der Waals surface area contributed by atoms with Crippen LogP contribution in [0.5, 0.6) is 0 Å². The van der Waals surface area contributed by atoms with Crippen LogP contribution in [-0.4, -0.2) is 78.8 Å². The van der Waals surface area contributed by atoms with Crippen molar-refractivity contribution in [2.75, 3.05) is 39.4 Å². The van der Waals surface area contributed by atoms with E-state index in [0.29, 0.717) is 26.1 Å². The summed E-state index contributed by atoms with van der Waals surface area (Å²) in [6, 6.07) is 6.81. The number of sulfonamides is 1. The van der Waals surface area contributed by atoms with Crippen molar-refractivity contribution in [1.82, 2.24) is 13.8 Å². The van der Waals surface area contributed by atoms with E-state index in [2.05, 4.69) is 0 Å². The molecule has 2 aliphatic heterocycles. The Morgan fingerprint density at radius 2 is 1.80 bits per heavy atom. The second-order valence-electron chi connectivity index (χ2n) is 8.68. The van der Waals surface area contributed by atoms with Gasteiger partial charge in [-0.25, -0.2) is 13.2 Å². The molecular weight excluding hydrogens is 474 g/mol. The van der Waals surface area contributed by atoms with Gasteiger partial charge in [0.15, 0.2) is 0 Å². The number of piperazine rings is 1. The molecule has 1 saturated heterocycles. The number of benzene rings is 1. The number of carbonyl (C=O) groups is 2. The lowest BCUT2D eigenvalue weighted by molar-refractivity contribution is -0.137. The highest BCUT2D eigenvalue weighted by Gasteiger charge is 2.31. The number of aromatic nitrogens is 1. The maximum absolute atomic E-state index is 13.1. The standard InChI is InChI=1S/C24H31N3O7S/c1-3-34-24(30)25-9-11-26(12-10-25)35(31,32)19-6-4-18(5-7-19)14-20-17(2)27(15-23(28)29)22-8-13-33-16-21(20)22/h4-7H,3,8-16H2,1-2H3,(H,28,29). The van der Waals surface area contributed by atoms with E-state index in [-0.39, 0.29) is 44.2 Å². The molecular formula is C24H31N3O7S. The van der Waals surface area contributed by atoms with Gasteiger partial charge in [-0.15, -0.1) is 0 Å². The molecule has 4 rings (SSSR count). The Kier molecular flexibility index (Phi) is 7.48. The van der Waals surface area contributed by atoms with Gasteiger partial charge in [0.05, 0.1) is 24.7 Å². The van der Waals surface area contributed by atoms with E-state index in [9.17, 15) is 23.1 Å². The van der Waals surface area contributed by atoms with Gasteiger partial charge in [-0.1, -0.05) is 12.1 Å². The van der Waals surface area contributed by atoms with E-state index < -0.39 is 22.1 Å². The van der Waals surface area contributed by atoms with E-state index in [4.69, 9.17) is 9.47 Å². The molecule has 3 heterocycles. The van der Waals surface area contributed by atoms with Crippen molar-refractivity contribution in [3.63, 3.8) is 0 Å². The first kappa shape index (κ1) is 25.2. The number of nitrogens with zero attached hydrogens (tertiary/aromatic N) is 3. The van der Waals surface area contributed by atoms with E-state index in [0.717, 1.165) is 28.1 Å². The fourth-order valence-electron chi connectivity index (χ4n) is 4.76. The van der Waals surface area contributed by atoms with Crippen LogP contribution in [0, 0.1) is 6.92 Å². The third-order valence-corrected chi connectivity index (χ3v) is 8.52. The van der Waals surface area contributed by atoms with Gasteiger partial charge >= 0.3 is 12.1 Å². The molecule has 35 heavy (non-hydrogen) atoms. The summed E-state index contributed by atoms with van der Waals surface area (Å²) < 4.78 is 40.1. The number of carboxylic acids is 1. The molecule has 1 N–H and O–H groups in total. The van der Waals surface area contributed by atoms with Gasteiger partial charge < -0.3 is 24.0 Å². The van der Waals surface area contributed by atoms with Gasteiger partial charge in [-0.05, 0) is 43.5 Å². The van der Waals surface area contributed by atoms with Crippen LogP contribution in [0.25, 0.3) is 0 Å². The molecule has 0 atom stereocenters. The zero-order valence-corrected chi connectivity index (χ0v) is 20.8. The summed E-state index contributed by atoms with van der Waals surface area (Å²) in [5.41, 5.74) is 4.91. The fraction of sp³-hybridized carbons (Fsp3) is 0.500. The predicted octanol–water partition coefficient (Wildman–Crippen LogP) is 2.01. The summed E-state index contributed by atoms with van der Waals surface area (Å²) in [5, 5.41) is 9.33. The third kappa shape index (κ3) is 5.21. The van der Waals surface area contributed by atoms with Gasteiger partial charge in [0.1, 0.15) is 6.54 Å². The van der Waals surface area contributed by atoms with Crippen molar-refractivity contribution in [3.05, 3.63) is 52.3 Å². The zero-order chi connectivity index (χ0) is 25.2. The lowest BCUT2D eigenvalue weighted by atomic mass is 9.99. The number of rotatable bonds is 7. The highest BCUT2D eigenvalue weighted by atomic mass is 32.2. The lowest BCUT2D eigenvalue weighted by Gasteiger charge is -2.33. The zero-order valence-electron chi connectivity index (χ0n) is 20.0. The average molecular weight is 506 g/mol. The highest BCUT2D eigenvalue weighted by Crippen LogP contribution is 2.30. The van der Waals surface area contributed by atoms with Crippen LogP contribution in [0.1, 0.15) is 35.0 Å². The van der Waals surface area contributed by atoms with Crippen molar-refractivity contribution < 1.29 is 32.6 Å². The molecule has 10 nitrogen and oxygen atoms in total. The maximum atomic E-state index is 13.1. The lowest BCUT2D eigenvalue weighted by Crippen LogP contribution is -2.50. The number of fused-ring (bicyclic) bond motifs is 1. The molecule has 2 aromatic rings. The normalized spacial score (nSPS) is 16.7. The predicted molar refractivity (Wildman–Crippen MR) is 127 cm³/mol. The molecule has 0 spiro atoms. The molecule has 1 aromatic carbocycles. The Bertz CT molecular complexity index is 1200. The van der Waals surface area contributed by atoms with Crippen LogP contribution in [0.2, 0.25) is 0 Å². The minimum Gasteiger partial charge on any atom is -0.480 e. The van der Waals surface area contributed by atoms with Crippen LogP contribution in [0.15, 0.2) is 29.2 Å². The molecule has 0 aliphatic carbocycles. The second-order valence-corrected chi connectivity index (χ2v) is 10.6. The average Bonchev–Trinajstić information content (AvgIpc) is 3.10. The first-order valence-corrected chi connectivity index (χ1v) is 13.2. The van der Waals surface area contributed by atoms with Crippen molar-refractivity contribution >= 4 is 22.1 Å². The molecule has 11 heteroatoms. The Labute approximate surface area is 205 Å². The quantitative estimate of drug-likeness (QED) is 0.611. The molecule has 1 fully saturated rings. The maximum Gasteiger partial charge on any atom is 0.409 e. The molecule has 0 bridgehead atoms. The Balaban J connectivity index is 1.49. The fourth-order valence-corrected chi connectivity index (χ4v) is 6.18. The van der Waals surface area contributed by atoms with Gasteiger partial charge in [0, 0.05) is 49.6 Å². The van der Waals surface area contributed by atoms with E-state index >= 15 is 0 Å². The minimum absolute atomic E-state index is 0.0885. The number of ether oxygens (including phenoxy) is 2. The van der Waals surface area contributed by atoms with Crippen molar-refractivity contribution in [3.8, 4) is 0 Å². The summed E-state index contributed by atoms with van der Waals surface area (Å²) in [5.74, 6) is -0.887. The monoisotopic (exact) mass is 505 g/mol. The van der Waals surface area contributed by atoms with Crippen molar-refractivity contribution in [1.29, 1.82) is 0 Å². The van der Waals surface area contributed by atoms with Crippen molar-refractivity contribution in [2.45, 2.75) is 44.7 Å². The summed E-state index contributed by atoms with van der Waals surface area (Å²) >= 11 is 0. The van der Waals surface area contributed by atoms with Crippen LogP contribution in [0.3, 0.4) is 0 Å². The number of carbonyl (C=O) groups excluding carboxylic acids is 1. The molecule has 1 aromatic heterocycles. The smallest absolute Gasteiger partial charge is 0.409 e.